The molecule has 0 fully saturated rings. The summed E-state index contributed by atoms with van der Waals surface area (Å²) in [6.07, 6.45) is 1.76. The van der Waals surface area contributed by atoms with Crippen LogP contribution in [0.15, 0.2) is 34.8 Å². The highest BCUT2D eigenvalue weighted by Crippen LogP contribution is 2.36. The normalized spacial score (nSPS) is 10.4. The maximum Gasteiger partial charge on any atom is 0.175 e. The van der Waals surface area contributed by atoms with Crippen LogP contribution in [0.5, 0.6) is 17.2 Å². The summed E-state index contributed by atoms with van der Waals surface area (Å²) in [7, 11) is 0. The summed E-state index contributed by atoms with van der Waals surface area (Å²) in [5.74, 6) is 1.97. The summed E-state index contributed by atoms with van der Waals surface area (Å²) < 4.78 is 17.9. The summed E-state index contributed by atoms with van der Waals surface area (Å²) >= 11 is 3.43. The molecule has 4 nitrogen and oxygen atoms in total. The number of ether oxygens (including phenoxy) is 3. The number of halogens is 1. The van der Waals surface area contributed by atoms with Crippen LogP contribution in [-0.4, -0.2) is 26.1 Å². The lowest BCUT2D eigenvalue weighted by atomic mass is 10.1. The topological polar surface area (TPSA) is 44.8 Å². The Bertz CT molecular complexity index is 728. The average Bonchev–Trinajstić information content (AvgIpc) is 2.59. The van der Waals surface area contributed by atoms with E-state index in [2.05, 4.69) is 35.8 Å². The highest BCUT2D eigenvalue weighted by molar-refractivity contribution is 9.10. The molecule has 0 aliphatic carbocycles. The Hall–Kier alpha value is -2.01. The summed E-state index contributed by atoms with van der Waals surface area (Å²) in [6, 6.07) is 9.60. The van der Waals surface area contributed by atoms with Crippen molar-refractivity contribution in [3.05, 3.63) is 51.5 Å². The average molecular weight is 407 g/mol. The third-order valence-corrected chi connectivity index (χ3v) is 4.17. The zero-order valence-electron chi connectivity index (χ0n) is 14.8. The minimum Gasteiger partial charge on any atom is -0.490 e. The second kappa shape index (κ2) is 9.47. The van der Waals surface area contributed by atoms with E-state index >= 15 is 0 Å². The predicted octanol–water partition coefficient (Wildman–Crippen LogP) is 4.99. The number of carbonyl (C=O) groups excluding carboxylic acids is 1. The van der Waals surface area contributed by atoms with Crippen molar-refractivity contribution in [3.63, 3.8) is 0 Å². The maximum atomic E-state index is 11.0. The van der Waals surface area contributed by atoms with Gasteiger partial charge in [0.25, 0.3) is 0 Å². The number of hydrogen-bond donors (Lipinski definition) is 0. The van der Waals surface area contributed by atoms with Crippen LogP contribution in [0.25, 0.3) is 0 Å². The summed E-state index contributed by atoms with van der Waals surface area (Å²) in [5.41, 5.74) is 2.97. The number of rotatable bonds is 9. The summed E-state index contributed by atoms with van der Waals surface area (Å²) in [4.78, 5) is 11.0. The molecule has 2 rings (SSSR count). The molecular weight excluding hydrogens is 384 g/mol. The number of aryl methyl sites for hydroxylation is 2. The van der Waals surface area contributed by atoms with Gasteiger partial charge in [-0.3, -0.25) is 4.79 Å². The molecule has 0 unspecified atom stereocenters. The van der Waals surface area contributed by atoms with E-state index in [0.29, 0.717) is 41.4 Å². The van der Waals surface area contributed by atoms with Crippen LogP contribution in [0, 0.1) is 6.92 Å². The van der Waals surface area contributed by atoms with Crippen molar-refractivity contribution < 1.29 is 19.0 Å². The van der Waals surface area contributed by atoms with Gasteiger partial charge in [-0.1, -0.05) is 13.0 Å². The molecule has 0 amide bonds. The Kier molecular flexibility index (Phi) is 7.31. The highest BCUT2D eigenvalue weighted by atomic mass is 79.9. The van der Waals surface area contributed by atoms with Gasteiger partial charge >= 0.3 is 0 Å². The number of carbonyl (C=O) groups is 1. The lowest BCUT2D eigenvalue weighted by Gasteiger charge is -2.15. The van der Waals surface area contributed by atoms with E-state index in [-0.39, 0.29) is 0 Å². The Morgan fingerprint density at radius 2 is 1.76 bits per heavy atom. The van der Waals surface area contributed by atoms with Gasteiger partial charge in [-0.25, -0.2) is 0 Å². The van der Waals surface area contributed by atoms with Gasteiger partial charge in [-0.15, -0.1) is 0 Å². The summed E-state index contributed by atoms with van der Waals surface area (Å²) in [6.45, 7) is 7.34. The van der Waals surface area contributed by atoms with Crippen molar-refractivity contribution in [1.82, 2.24) is 0 Å². The fourth-order valence-electron chi connectivity index (χ4n) is 2.47. The molecule has 134 valence electrons. The van der Waals surface area contributed by atoms with Crippen LogP contribution in [0.3, 0.4) is 0 Å². The minimum absolute atomic E-state index is 0.370. The molecule has 0 aliphatic rings. The van der Waals surface area contributed by atoms with Gasteiger partial charge in [0.2, 0.25) is 0 Å². The second-order valence-corrected chi connectivity index (χ2v) is 6.44. The van der Waals surface area contributed by atoms with Gasteiger partial charge in [-0.2, -0.15) is 0 Å². The SMILES string of the molecule is CCOc1cc(C=O)cc(Br)c1OCCOc1cc(C)cc(CC)c1. The van der Waals surface area contributed by atoms with Crippen LogP contribution in [0.4, 0.5) is 0 Å². The fourth-order valence-corrected chi connectivity index (χ4v) is 3.05. The van der Waals surface area contributed by atoms with Crippen molar-refractivity contribution in [2.24, 2.45) is 0 Å². The van der Waals surface area contributed by atoms with Crippen molar-refractivity contribution in [2.75, 3.05) is 19.8 Å². The smallest absolute Gasteiger partial charge is 0.175 e. The third-order valence-electron chi connectivity index (χ3n) is 3.59. The first-order chi connectivity index (χ1) is 12.1. The number of aldehydes is 1. The molecular formula is C20H23BrO4. The van der Waals surface area contributed by atoms with E-state index in [1.807, 2.05) is 19.1 Å². The van der Waals surface area contributed by atoms with E-state index in [9.17, 15) is 4.79 Å². The molecule has 0 aromatic heterocycles. The Labute approximate surface area is 157 Å². The van der Waals surface area contributed by atoms with Crippen LogP contribution in [0.1, 0.15) is 35.3 Å². The van der Waals surface area contributed by atoms with Gasteiger partial charge in [0.15, 0.2) is 11.5 Å². The van der Waals surface area contributed by atoms with Gasteiger partial charge in [0.1, 0.15) is 25.2 Å². The first kappa shape index (κ1) is 19.3. The Morgan fingerprint density at radius 3 is 2.44 bits per heavy atom. The molecule has 5 heteroatoms. The lowest BCUT2D eigenvalue weighted by molar-refractivity contribution is 0.112. The lowest BCUT2D eigenvalue weighted by Crippen LogP contribution is -2.10. The van der Waals surface area contributed by atoms with E-state index < -0.39 is 0 Å². The van der Waals surface area contributed by atoms with Gasteiger partial charge in [0.05, 0.1) is 11.1 Å². The Balaban J connectivity index is 1.99. The molecule has 2 aromatic rings. The molecule has 2 aromatic carbocycles. The largest absolute Gasteiger partial charge is 0.490 e. The first-order valence-electron chi connectivity index (χ1n) is 8.35. The minimum atomic E-state index is 0.370. The molecule has 0 atom stereocenters. The van der Waals surface area contributed by atoms with Crippen LogP contribution < -0.4 is 14.2 Å². The molecule has 0 saturated heterocycles. The van der Waals surface area contributed by atoms with E-state index in [4.69, 9.17) is 14.2 Å². The maximum absolute atomic E-state index is 11.0. The highest BCUT2D eigenvalue weighted by Gasteiger charge is 2.12. The molecule has 25 heavy (non-hydrogen) atoms. The van der Waals surface area contributed by atoms with E-state index in [1.54, 1.807) is 12.1 Å². The van der Waals surface area contributed by atoms with Crippen LogP contribution >= 0.6 is 15.9 Å². The molecule has 0 heterocycles. The predicted molar refractivity (Wildman–Crippen MR) is 102 cm³/mol. The monoisotopic (exact) mass is 406 g/mol. The molecule has 0 radical (unpaired) electrons. The van der Waals surface area contributed by atoms with Crippen LogP contribution in [0.2, 0.25) is 0 Å². The zero-order chi connectivity index (χ0) is 18.2. The Morgan fingerprint density at radius 1 is 1.00 bits per heavy atom. The molecule has 0 spiro atoms. The number of benzene rings is 2. The number of hydrogen-bond acceptors (Lipinski definition) is 4. The van der Waals surface area contributed by atoms with Crippen molar-refractivity contribution in [3.8, 4) is 17.2 Å². The molecule has 0 saturated carbocycles. The quantitative estimate of drug-likeness (QED) is 0.434. The van der Waals surface area contributed by atoms with Crippen molar-refractivity contribution in [1.29, 1.82) is 0 Å². The van der Waals surface area contributed by atoms with E-state index in [1.165, 1.54) is 11.1 Å². The molecule has 0 bridgehead atoms. The standard InChI is InChI=1S/C20H23BrO4/c1-4-15-8-14(3)9-17(10-15)24-6-7-25-20-18(21)11-16(13-22)12-19(20)23-5-2/h8-13H,4-7H2,1-3H3. The van der Waals surface area contributed by atoms with Crippen molar-refractivity contribution >= 4 is 22.2 Å². The molecule has 0 N–H and O–H groups in total. The second-order valence-electron chi connectivity index (χ2n) is 5.59. The van der Waals surface area contributed by atoms with Crippen molar-refractivity contribution in [2.45, 2.75) is 27.2 Å². The molecule has 0 aliphatic heterocycles. The zero-order valence-corrected chi connectivity index (χ0v) is 16.4. The van der Waals surface area contributed by atoms with Crippen LogP contribution in [-0.2, 0) is 6.42 Å². The third kappa shape index (κ3) is 5.49. The summed E-state index contributed by atoms with van der Waals surface area (Å²) in [5, 5.41) is 0. The first-order valence-corrected chi connectivity index (χ1v) is 9.14. The fraction of sp³-hybridized carbons (Fsp3) is 0.350. The van der Waals surface area contributed by atoms with Gasteiger partial charge < -0.3 is 14.2 Å². The van der Waals surface area contributed by atoms with E-state index in [0.717, 1.165) is 18.5 Å². The van der Waals surface area contributed by atoms with Gasteiger partial charge in [-0.05, 0) is 71.6 Å². The van der Waals surface area contributed by atoms with Gasteiger partial charge in [0, 0.05) is 5.56 Å².